The lowest BCUT2D eigenvalue weighted by atomic mass is 9.93. The standard InChI is InChI=1S/C24H30FN3O3S/c1-18-6-3-4-9-24(18)32(30,31)28(21-7-5-8-21)17-20-10-11-22(16-23(20)25)27-14-12-26(13-15-27)19(2)29/h3-4,6,9-11,16,21H,5,7-8,12-15,17H2,1-2H3. The third kappa shape index (κ3) is 4.52. The molecule has 172 valence electrons. The van der Waals surface area contributed by atoms with Gasteiger partial charge in [0.2, 0.25) is 15.9 Å². The van der Waals surface area contributed by atoms with E-state index in [4.69, 9.17) is 0 Å². The van der Waals surface area contributed by atoms with Crippen LogP contribution in [0.4, 0.5) is 10.1 Å². The summed E-state index contributed by atoms with van der Waals surface area (Å²) in [6.07, 6.45) is 2.58. The second-order valence-electron chi connectivity index (χ2n) is 8.67. The molecule has 0 spiro atoms. The summed E-state index contributed by atoms with van der Waals surface area (Å²) < 4.78 is 43.5. The van der Waals surface area contributed by atoms with Crippen LogP contribution in [0, 0.1) is 12.7 Å². The Bertz CT molecular complexity index is 1090. The summed E-state index contributed by atoms with van der Waals surface area (Å²) in [5, 5.41) is 0. The van der Waals surface area contributed by atoms with Crippen LogP contribution < -0.4 is 4.90 Å². The minimum atomic E-state index is -3.73. The minimum Gasteiger partial charge on any atom is -0.368 e. The van der Waals surface area contributed by atoms with E-state index in [0.29, 0.717) is 37.3 Å². The van der Waals surface area contributed by atoms with Crippen molar-refractivity contribution >= 4 is 21.6 Å². The summed E-state index contributed by atoms with van der Waals surface area (Å²) in [5.74, 6) is -0.349. The first kappa shape index (κ1) is 22.7. The Hall–Kier alpha value is -2.45. The number of carbonyl (C=O) groups excluding carboxylic acids is 1. The largest absolute Gasteiger partial charge is 0.368 e. The molecule has 6 nitrogen and oxygen atoms in total. The van der Waals surface area contributed by atoms with Gasteiger partial charge in [0.15, 0.2) is 0 Å². The molecule has 0 N–H and O–H groups in total. The Morgan fingerprint density at radius 2 is 1.78 bits per heavy atom. The SMILES string of the molecule is CC(=O)N1CCN(c2ccc(CN(C3CCC3)S(=O)(=O)c3ccccc3C)c(F)c2)CC1. The van der Waals surface area contributed by atoms with Gasteiger partial charge in [-0.05, 0) is 43.5 Å². The topological polar surface area (TPSA) is 60.9 Å². The van der Waals surface area contributed by atoms with E-state index in [9.17, 15) is 13.2 Å². The number of carbonyl (C=O) groups is 1. The number of halogens is 1. The van der Waals surface area contributed by atoms with Gasteiger partial charge in [-0.2, -0.15) is 4.31 Å². The fourth-order valence-corrected chi connectivity index (χ4v) is 6.26. The fourth-order valence-electron chi connectivity index (χ4n) is 4.37. The Morgan fingerprint density at radius 3 is 2.34 bits per heavy atom. The zero-order chi connectivity index (χ0) is 22.9. The van der Waals surface area contributed by atoms with Crippen LogP contribution in [0.5, 0.6) is 0 Å². The molecule has 1 saturated carbocycles. The number of hydrogen-bond donors (Lipinski definition) is 0. The van der Waals surface area contributed by atoms with Gasteiger partial charge in [-0.15, -0.1) is 0 Å². The van der Waals surface area contributed by atoms with Crippen LogP contribution in [-0.2, 0) is 21.4 Å². The molecule has 8 heteroatoms. The molecule has 4 rings (SSSR count). The second-order valence-corrected chi connectivity index (χ2v) is 10.5. The second kappa shape index (κ2) is 9.19. The first-order chi connectivity index (χ1) is 15.3. The van der Waals surface area contributed by atoms with Crippen molar-refractivity contribution in [1.29, 1.82) is 0 Å². The quantitative estimate of drug-likeness (QED) is 0.663. The molecular weight excluding hydrogens is 429 g/mol. The van der Waals surface area contributed by atoms with Gasteiger partial charge in [0.05, 0.1) is 4.90 Å². The lowest BCUT2D eigenvalue weighted by Crippen LogP contribution is -2.48. The molecule has 1 aliphatic heterocycles. The van der Waals surface area contributed by atoms with Gasteiger partial charge in [-0.25, -0.2) is 12.8 Å². The highest BCUT2D eigenvalue weighted by Crippen LogP contribution is 2.33. The third-order valence-electron chi connectivity index (χ3n) is 6.62. The molecule has 0 aromatic heterocycles. The van der Waals surface area contributed by atoms with Crippen LogP contribution in [-0.4, -0.2) is 55.8 Å². The van der Waals surface area contributed by atoms with Crippen molar-refractivity contribution in [3.8, 4) is 0 Å². The van der Waals surface area contributed by atoms with E-state index in [2.05, 4.69) is 4.90 Å². The molecular formula is C24H30FN3O3S. The molecule has 0 radical (unpaired) electrons. The maximum Gasteiger partial charge on any atom is 0.243 e. The summed E-state index contributed by atoms with van der Waals surface area (Å²) in [5.41, 5.74) is 1.82. The molecule has 1 aliphatic carbocycles. The summed E-state index contributed by atoms with van der Waals surface area (Å²) in [6, 6.07) is 11.9. The van der Waals surface area contributed by atoms with E-state index in [1.807, 2.05) is 12.1 Å². The number of amides is 1. The Kier molecular flexibility index (Phi) is 6.53. The van der Waals surface area contributed by atoms with Crippen LogP contribution >= 0.6 is 0 Å². The van der Waals surface area contributed by atoms with Crippen molar-refractivity contribution in [3.63, 3.8) is 0 Å². The highest BCUT2D eigenvalue weighted by molar-refractivity contribution is 7.89. The Balaban J connectivity index is 1.55. The van der Waals surface area contributed by atoms with Crippen LogP contribution in [0.3, 0.4) is 0 Å². The predicted octanol–water partition coefficient (Wildman–Crippen LogP) is 3.55. The van der Waals surface area contributed by atoms with Gasteiger partial charge in [0, 0.05) is 56.9 Å². The monoisotopic (exact) mass is 459 g/mol. The average molecular weight is 460 g/mol. The van der Waals surface area contributed by atoms with Gasteiger partial charge in [0.25, 0.3) is 0 Å². The van der Waals surface area contributed by atoms with Crippen molar-refractivity contribution in [1.82, 2.24) is 9.21 Å². The third-order valence-corrected chi connectivity index (χ3v) is 8.67. The summed E-state index contributed by atoms with van der Waals surface area (Å²) in [7, 11) is -3.73. The Morgan fingerprint density at radius 1 is 1.09 bits per heavy atom. The molecule has 2 aromatic carbocycles. The van der Waals surface area contributed by atoms with Crippen molar-refractivity contribution in [2.75, 3.05) is 31.1 Å². The number of hydrogen-bond acceptors (Lipinski definition) is 4. The minimum absolute atomic E-state index is 0.0194. The fraction of sp³-hybridized carbons (Fsp3) is 0.458. The van der Waals surface area contributed by atoms with Crippen molar-refractivity contribution in [3.05, 3.63) is 59.4 Å². The van der Waals surface area contributed by atoms with Crippen LogP contribution in [0.15, 0.2) is 47.4 Å². The molecule has 2 aliphatic rings. The van der Waals surface area contributed by atoms with Crippen molar-refractivity contribution in [2.45, 2.75) is 50.6 Å². The summed E-state index contributed by atoms with van der Waals surface area (Å²) in [6.45, 7) is 5.88. The average Bonchev–Trinajstić information content (AvgIpc) is 2.73. The van der Waals surface area contributed by atoms with Crippen molar-refractivity contribution in [2.24, 2.45) is 0 Å². The molecule has 1 amide bonds. The van der Waals surface area contributed by atoms with Gasteiger partial charge >= 0.3 is 0 Å². The van der Waals surface area contributed by atoms with Crippen LogP contribution in [0.2, 0.25) is 0 Å². The van der Waals surface area contributed by atoms with E-state index in [1.165, 1.54) is 10.4 Å². The zero-order valence-corrected chi connectivity index (χ0v) is 19.4. The van der Waals surface area contributed by atoms with E-state index in [1.54, 1.807) is 43.0 Å². The molecule has 1 saturated heterocycles. The zero-order valence-electron chi connectivity index (χ0n) is 18.6. The molecule has 0 unspecified atom stereocenters. The lowest BCUT2D eigenvalue weighted by molar-refractivity contribution is -0.129. The maximum atomic E-state index is 15.1. The summed E-state index contributed by atoms with van der Waals surface area (Å²) >= 11 is 0. The van der Waals surface area contributed by atoms with E-state index >= 15 is 4.39 Å². The van der Waals surface area contributed by atoms with Crippen LogP contribution in [0.1, 0.15) is 37.3 Å². The first-order valence-electron chi connectivity index (χ1n) is 11.1. The first-order valence-corrected chi connectivity index (χ1v) is 12.6. The lowest BCUT2D eigenvalue weighted by Gasteiger charge is -2.37. The molecule has 32 heavy (non-hydrogen) atoms. The molecule has 2 aromatic rings. The van der Waals surface area contributed by atoms with Gasteiger partial charge < -0.3 is 9.80 Å². The van der Waals surface area contributed by atoms with E-state index < -0.39 is 15.8 Å². The molecule has 2 fully saturated rings. The van der Waals surface area contributed by atoms with Crippen molar-refractivity contribution < 1.29 is 17.6 Å². The summed E-state index contributed by atoms with van der Waals surface area (Å²) in [4.78, 5) is 15.7. The van der Waals surface area contributed by atoms with E-state index in [-0.39, 0.29) is 23.4 Å². The Labute approximate surface area is 189 Å². The number of sulfonamides is 1. The number of rotatable bonds is 6. The normalized spacial score (nSPS) is 17.5. The van der Waals surface area contributed by atoms with Gasteiger partial charge in [-0.1, -0.05) is 30.7 Å². The number of piperazine rings is 1. The number of anilines is 1. The highest BCUT2D eigenvalue weighted by atomic mass is 32.2. The smallest absolute Gasteiger partial charge is 0.243 e. The maximum absolute atomic E-state index is 15.1. The molecule has 0 bridgehead atoms. The number of benzene rings is 2. The number of aryl methyl sites for hydroxylation is 1. The van der Waals surface area contributed by atoms with E-state index in [0.717, 1.165) is 24.9 Å². The molecule has 0 atom stereocenters. The highest BCUT2D eigenvalue weighted by Gasteiger charge is 2.36. The van der Waals surface area contributed by atoms with Gasteiger partial charge in [0.1, 0.15) is 5.82 Å². The molecule has 1 heterocycles. The van der Waals surface area contributed by atoms with Gasteiger partial charge in [-0.3, -0.25) is 4.79 Å². The number of nitrogens with zero attached hydrogens (tertiary/aromatic N) is 3. The van der Waals surface area contributed by atoms with Crippen LogP contribution in [0.25, 0.3) is 0 Å². The predicted molar refractivity (Wildman–Crippen MR) is 122 cm³/mol.